The number of thioether (sulfide) groups is 1. The van der Waals surface area contributed by atoms with Crippen molar-refractivity contribution in [2.24, 2.45) is 4.99 Å². The SMILES string of the molecule is CN=C1S[C@H](CC(=O)Nc2ccc(I)cc2)C(=O)N1C1CCCCC1. The number of amidine groups is 1. The van der Waals surface area contributed by atoms with E-state index in [4.69, 9.17) is 0 Å². The lowest BCUT2D eigenvalue weighted by Gasteiger charge is -2.30. The molecule has 0 unspecified atom stereocenters. The highest BCUT2D eigenvalue weighted by Crippen LogP contribution is 2.35. The minimum Gasteiger partial charge on any atom is -0.326 e. The van der Waals surface area contributed by atoms with Crippen molar-refractivity contribution in [2.75, 3.05) is 12.4 Å². The van der Waals surface area contributed by atoms with Crippen LogP contribution in [0.1, 0.15) is 38.5 Å². The first-order valence-corrected chi connectivity index (χ1v) is 10.6. The van der Waals surface area contributed by atoms with Gasteiger partial charge in [0.15, 0.2) is 5.17 Å². The van der Waals surface area contributed by atoms with Crippen LogP contribution in [0.5, 0.6) is 0 Å². The summed E-state index contributed by atoms with van der Waals surface area (Å²) in [5, 5.41) is 3.27. The summed E-state index contributed by atoms with van der Waals surface area (Å²) < 4.78 is 1.11. The molecule has 2 fully saturated rings. The molecule has 1 aromatic rings. The molecule has 5 nitrogen and oxygen atoms in total. The van der Waals surface area contributed by atoms with Gasteiger partial charge in [0, 0.05) is 28.8 Å². The molecule has 1 aliphatic carbocycles. The van der Waals surface area contributed by atoms with E-state index in [9.17, 15) is 9.59 Å². The van der Waals surface area contributed by atoms with Crippen molar-refractivity contribution in [3.05, 3.63) is 27.8 Å². The molecule has 1 heterocycles. The number of hydrogen-bond donors (Lipinski definition) is 1. The van der Waals surface area contributed by atoms with Gasteiger partial charge >= 0.3 is 0 Å². The van der Waals surface area contributed by atoms with E-state index >= 15 is 0 Å². The third-order valence-corrected chi connectivity index (χ3v) is 6.56. The fourth-order valence-electron chi connectivity index (χ4n) is 3.36. The second-order valence-electron chi connectivity index (χ2n) is 6.37. The number of rotatable bonds is 4. The van der Waals surface area contributed by atoms with Crippen molar-refractivity contribution in [2.45, 2.75) is 49.8 Å². The van der Waals surface area contributed by atoms with Crippen LogP contribution in [-0.2, 0) is 9.59 Å². The number of amides is 2. The van der Waals surface area contributed by atoms with E-state index in [0.717, 1.165) is 40.1 Å². The molecule has 2 amide bonds. The molecule has 0 bridgehead atoms. The van der Waals surface area contributed by atoms with E-state index in [0.29, 0.717) is 0 Å². The molecule has 3 rings (SSSR count). The van der Waals surface area contributed by atoms with Crippen molar-refractivity contribution >= 4 is 57.0 Å². The molecule has 0 aromatic heterocycles. The summed E-state index contributed by atoms with van der Waals surface area (Å²) in [5.74, 6) is -0.0942. The van der Waals surface area contributed by atoms with Crippen LogP contribution >= 0.6 is 34.4 Å². The Kier molecular flexibility index (Phi) is 6.38. The van der Waals surface area contributed by atoms with Crippen LogP contribution in [0.3, 0.4) is 0 Å². The zero-order chi connectivity index (χ0) is 17.8. The van der Waals surface area contributed by atoms with Crippen molar-refractivity contribution in [3.8, 4) is 0 Å². The molecule has 1 aliphatic heterocycles. The van der Waals surface area contributed by atoms with Crippen LogP contribution in [0.25, 0.3) is 0 Å². The standard InChI is InChI=1S/C18H22IN3O2S/c1-20-18-22(14-5-3-2-4-6-14)17(24)15(25-18)11-16(23)21-13-9-7-12(19)8-10-13/h7-10,14-15H,2-6,11H2,1H3,(H,21,23)/t15-/m1/s1. The number of carbonyl (C=O) groups excluding carboxylic acids is 2. The second-order valence-corrected chi connectivity index (χ2v) is 8.79. The lowest BCUT2D eigenvalue weighted by molar-refractivity contribution is -0.130. The molecular formula is C18H22IN3O2S. The number of halogens is 1. The maximum absolute atomic E-state index is 12.8. The lowest BCUT2D eigenvalue weighted by atomic mass is 9.94. The zero-order valence-corrected chi connectivity index (χ0v) is 17.2. The van der Waals surface area contributed by atoms with Gasteiger partial charge in [-0.1, -0.05) is 31.0 Å². The fourth-order valence-corrected chi connectivity index (χ4v) is 4.88. The van der Waals surface area contributed by atoms with Crippen LogP contribution in [0.4, 0.5) is 5.69 Å². The highest BCUT2D eigenvalue weighted by molar-refractivity contribution is 14.1. The Bertz CT molecular complexity index is 671. The topological polar surface area (TPSA) is 61.8 Å². The van der Waals surface area contributed by atoms with Crippen LogP contribution in [-0.4, -0.2) is 40.2 Å². The summed E-state index contributed by atoms with van der Waals surface area (Å²) in [6, 6.07) is 7.88. The minimum absolute atomic E-state index is 0.0373. The summed E-state index contributed by atoms with van der Waals surface area (Å²) in [7, 11) is 1.72. The highest BCUT2D eigenvalue weighted by atomic mass is 127. The highest BCUT2D eigenvalue weighted by Gasteiger charge is 2.42. The number of benzene rings is 1. The Labute approximate surface area is 166 Å². The van der Waals surface area contributed by atoms with Crippen LogP contribution < -0.4 is 5.32 Å². The normalized spacial score (nSPS) is 23.3. The average molecular weight is 471 g/mol. The van der Waals surface area contributed by atoms with Gasteiger partial charge in [-0.3, -0.25) is 19.5 Å². The molecule has 2 aliphatic rings. The monoisotopic (exact) mass is 471 g/mol. The molecule has 134 valence electrons. The smallest absolute Gasteiger partial charge is 0.242 e. The third-order valence-electron chi connectivity index (χ3n) is 4.60. The van der Waals surface area contributed by atoms with E-state index in [2.05, 4.69) is 32.9 Å². The van der Waals surface area contributed by atoms with Gasteiger partial charge in [-0.25, -0.2) is 0 Å². The number of carbonyl (C=O) groups is 2. The van der Waals surface area contributed by atoms with Crippen molar-refractivity contribution in [1.82, 2.24) is 4.90 Å². The fraction of sp³-hybridized carbons (Fsp3) is 0.500. The van der Waals surface area contributed by atoms with Gasteiger partial charge in [-0.05, 0) is 59.7 Å². The molecule has 1 saturated heterocycles. The molecule has 1 N–H and O–H groups in total. The predicted molar refractivity (Wildman–Crippen MR) is 111 cm³/mol. The maximum atomic E-state index is 12.8. The number of nitrogens with one attached hydrogen (secondary N) is 1. The van der Waals surface area contributed by atoms with Gasteiger partial charge in [0.05, 0.1) is 0 Å². The lowest BCUT2D eigenvalue weighted by Crippen LogP contribution is -2.42. The molecule has 0 radical (unpaired) electrons. The summed E-state index contributed by atoms with van der Waals surface area (Å²) in [5.41, 5.74) is 0.759. The molecule has 1 aromatic carbocycles. The number of anilines is 1. The molecule has 0 spiro atoms. The second kappa shape index (κ2) is 8.53. The van der Waals surface area contributed by atoms with Gasteiger partial charge < -0.3 is 5.32 Å². The average Bonchev–Trinajstić information content (AvgIpc) is 2.93. The molecule has 25 heavy (non-hydrogen) atoms. The van der Waals surface area contributed by atoms with Crippen molar-refractivity contribution in [1.29, 1.82) is 0 Å². The summed E-state index contributed by atoms with van der Waals surface area (Å²) >= 11 is 3.65. The first kappa shape index (κ1) is 18.7. The van der Waals surface area contributed by atoms with Gasteiger partial charge in [-0.15, -0.1) is 0 Å². The molecule has 7 heteroatoms. The summed E-state index contributed by atoms with van der Waals surface area (Å²) in [6.07, 6.45) is 5.81. The van der Waals surface area contributed by atoms with Crippen LogP contribution in [0.15, 0.2) is 29.3 Å². The van der Waals surface area contributed by atoms with E-state index in [1.54, 1.807) is 7.05 Å². The third kappa shape index (κ3) is 4.55. The number of aliphatic imine (C=N–C) groups is 1. The summed E-state index contributed by atoms with van der Waals surface area (Å²) in [6.45, 7) is 0. The number of hydrogen-bond acceptors (Lipinski definition) is 4. The van der Waals surface area contributed by atoms with E-state index in [-0.39, 0.29) is 29.5 Å². The number of nitrogens with zero attached hydrogens (tertiary/aromatic N) is 2. The Balaban J connectivity index is 1.63. The van der Waals surface area contributed by atoms with E-state index in [1.807, 2.05) is 29.2 Å². The predicted octanol–water partition coefficient (Wildman–Crippen LogP) is 3.88. The quantitative estimate of drug-likeness (QED) is 0.679. The van der Waals surface area contributed by atoms with Crippen LogP contribution in [0, 0.1) is 3.57 Å². The Hall–Kier alpha value is -1.09. The molecular weight excluding hydrogens is 449 g/mol. The maximum Gasteiger partial charge on any atom is 0.242 e. The first-order valence-electron chi connectivity index (χ1n) is 8.60. The van der Waals surface area contributed by atoms with E-state index < -0.39 is 0 Å². The van der Waals surface area contributed by atoms with E-state index in [1.165, 1.54) is 18.2 Å². The molecule has 1 atom stereocenters. The Morgan fingerprint density at radius 3 is 2.60 bits per heavy atom. The Morgan fingerprint density at radius 2 is 1.96 bits per heavy atom. The van der Waals surface area contributed by atoms with Crippen molar-refractivity contribution in [3.63, 3.8) is 0 Å². The first-order chi connectivity index (χ1) is 12.1. The van der Waals surface area contributed by atoms with Gasteiger partial charge in [0.25, 0.3) is 0 Å². The minimum atomic E-state index is -0.371. The summed E-state index contributed by atoms with van der Waals surface area (Å²) in [4.78, 5) is 31.3. The largest absolute Gasteiger partial charge is 0.326 e. The van der Waals surface area contributed by atoms with Crippen LogP contribution in [0.2, 0.25) is 0 Å². The molecule has 1 saturated carbocycles. The Morgan fingerprint density at radius 1 is 1.28 bits per heavy atom. The van der Waals surface area contributed by atoms with Crippen molar-refractivity contribution < 1.29 is 9.59 Å². The zero-order valence-electron chi connectivity index (χ0n) is 14.2. The van der Waals surface area contributed by atoms with Gasteiger partial charge in [-0.2, -0.15) is 0 Å². The van der Waals surface area contributed by atoms with Gasteiger partial charge in [0.2, 0.25) is 11.8 Å². The van der Waals surface area contributed by atoms with Gasteiger partial charge in [0.1, 0.15) is 5.25 Å².